The van der Waals surface area contributed by atoms with E-state index in [1.54, 1.807) is 11.3 Å². The van der Waals surface area contributed by atoms with E-state index in [9.17, 15) is 0 Å². The molecular weight excluding hydrogens is 240 g/mol. The Kier molecular flexibility index (Phi) is 3.09. The minimum absolute atomic E-state index is 0.00593. The summed E-state index contributed by atoms with van der Waals surface area (Å²) in [6.07, 6.45) is 2.74. The van der Waals surface area contributed by atoms with Gasteiger partial charge in [-0.05, 0) is 35.1 Å². The number of nitrogens with zero attached hydrogens (tertiary/aromatic N) is 1. The number of aromatic nitrogens is 1. The number of hydrogen-bond donors (Lipinski definition) is 1. The molecule has 0 fully saturated rings. The highest BCUT2D eigenvalue weighted by molar-refractivity contribution is 7.17. The molecule has 0 aliphatic heterocycles. The van der Waals surface area contributed by atoms with Crippen molar-refractivity contribution in [2.24, 2.45) is 5.73 Å². The zero-order valence-electron chi connectivity index (χ0n) is 9.91. The van der Waals surface area contributed by atoms with E-state index in [-0.39, 0.29) is 6.04 Å². The van der Waals surface area contributed by atoms with Crippen LogP contribution in [-0.2, 0) is 6.42 Å². The molecule has 2 N–H and O–H groups in total. The van der Waals surface area contributed by atoms with Crippen LogP contribution in [0.5, 0.6) is 0 Å². The molecule has 0 amide bonds. The van der Waals surface area contributed by atoms with Gasteiger partial charge >= 0.3 is 0 Å². The average molecular weight is 254 g/mol. The number of fused-ring (bicyclic) bond motifs is 1. The van der Waals surface area contributed by atoms with Gasteiger partial charge in [0, 0.05) is 12.2 Å². The van der Waals surface area contributed by atoms with Gasteiger partial charge in [0.2, 0.25) is 0 Å². The summed E-state index contributed by atoms with van der Waals surface area (Å²) in [5.41, 5.74) is 9.67. The zero-order chi connectivity index (χ0) is 12.4. The van der Waals surface area contributed by atoms with Crippen molar-refractivity contribution in [1.29, 1.82) is 0 Å². The van der Waals surface area contributed by atoms with E-state index >= 15 is 0 Å². The molecule has 2 heterocycles. The maximum Gasteiger partial charge on any atom is 0.0809 e. The van der Waals surface area contributed by atoms with Gasteiger partial charge in [-0.3, -0.25) is 4.98 Å². The lowest BCUT2D eigenvalue weighted by atomic mass is 10.0. The van der Waals surface area contributed by atoms with Crippen LogP contribution in [0.2, 0.25) is 0 Å². The van der Waals surface area contributed by atoms with Crippen molar-refractivity contribution < 1.29 is 0 Å². The standard InChI is InChI=1S/C15H14N2S/c16-13(8-11-4-2-1-3-5-11)12-9-15-14(17-10-12)6-7-18-15/h1-7,9-10,13H,8,16H2. The van der Waals surface area contributed by atoms with Crippen molar-refractivity contribution in [2.45, 2.75) is 12.5 Å². The van der Waals surface area contributed by atoms with Crippen LogP contribution in [0, 0.1) is 0 Å². The first kappa shape index (κ1) is 11.4. The number of benzene rings is 1. The van der Waals surface area contributed by atoms with Crippen molar-refractivity contribution in [3.8, 4) is 0 Å². The molecule has 0 spiro atoms. The van der Waals surface area contributed by atoms with Gasteiger partial charge in [-0.15, -0.1) is 11.3 Å². The Hall–Kier alpha value is -1.71. The molecule has 0 saturated heterocycles. The first-order valence-corrected chi connectivity index (χ1v) is 6.83. The molecule has 90 valence electrons. The van der Waals surface area contributed by atoms with Crippen LogP contribution < -0.4 is 5.73 Å². The van der Waals surface area contributed by atoms with E-state index in [2.05, 4.69) is 28.6 Å². The third-order valence-corrected chi connectivity index (χ3v) is 3.90. The van der Waals surface area contributed by atoms with Crippen LogP contribution >= 0.6 is 11.3 Å². The summed E-state index contributed by atoms with van der Waals surface area (Å²) in [5.74, 6) is 0. The summed E-state index contributed by atoms with van der Waals surface area (Å²) in [6, 6.07) is 14.5. The topological polar surface area (TPSA) is 38.9 Å². The Labute approximate surface area is 110 Å². The lowest BCUT2D eigenvalue weighted by Crippen LogP contribution is -2.13. The van der Waals surface area contributed by atoms with Gasteiger partial charge < -0.3 is 5.73 Å². The van der Waals surface area contributed by atoms with Gasteiger partial charge in [-0.25, -0.2) is 0 Å². The molecule has 0 radical (unpaired) electrons. The number of rotatable bonds is 3. The molecule has 0 aliphatic carbocycles. The van der Waals surface area contributed by atoms with E-state index in [0.717, 1.165) is 17.5 Å². The summed E-state index contributed by atoms with van der Waals surface area (Å²) in [6.45, 7) is 0. The normalized spacial score (nSPS) is 12.7. The summed E-state index contributed by atoms with van der Waals surface area (Å²) in [7, 11) is 0. The Morgan fingerprint density at radius 1 is 1.17 bits per heavy atom. The van der Waals surface area contributed by atoms with Gasteiger partial charge in [0.15, 0.2) is 0 Å². The first-order valence-electron chi connectivity index (χ1n) is 5.95. The van der Waals surface area contributed by atoms with Crippen molar-refractivity contribution >= 4 is 21.6 Å². The highest BCUT2D eigenvalue weighted by Crippen LogP contribution is 2.23. The van der Waals surface area contributed by atoms with Gasteiger partial charge in [0.1, 0.15) is 0 Å². The summed E-state index contributed by atoms with van der Waals surface area (Å²) < 4.78 is 1.20. The number of pyridine rings is 1. The van der Waals surface area contributed by atoms with Crippen LogP contribution in [0.1, 0.15) is 17.2 Å². The van der Waals surface area contributed by atoms with Gasteiger partial charge in [0.05, 0.1) is 10.2 Å². The number of thiophene rings is 1. The maximum atomic E-state index is 6.25. The molecule has 2 aromatic heterocycles. The van der Waals surface area contributed by atoms with Crippen LogP contribution in [-0.4, -0.2) is 4.98 Å². The number of hydrogen-bond acceptors (Lipinski definition) is 3. The Balaban J connectivity index is 1.85. The quantitative estimate of drug-likeness (QED) is 0.776. The average Bonchev–Trinajstić information content (AvgIpc) is 2.87. The fourth-order valence-electron chi connectivity index (χ4n) is 2.05. The fourth-order valence-corrected chi connectivity index (χ4v) is 2.84. The summed E-state index contributed by atoms with van der Waals surface area (Å²) >= 11 is 1.71. The van der Waals surface area contributed by atoms with Crippen LogP contribution in [0.15, 0.2) is 54.0 Å². The Morgan fingerprint density at radius 2 is 2.00 bits per heavy atom. The second kappa shape index (κ2) is 4.88. The van der Waals surface area contributed by atoms with Crippen LogP contribution in [0.4, 0.5) is 0 Å². The maximum absolute atomic E-state index is 6.25. The van der Waals surface area contributed by atoms with Crippen molar-refractivity contribution in [3.63, 3.8) is 0 Å². The third kappa shape index (κ3) is 2.28. The third-order valence-electron chi connectivity index (χ3n) is 3.05. The molecule has 1 unspecified atom stereocenters. The Bertz CT molecular complexity index is 646. The lowest BCUT2D eigenvalue weighted by molar-refractivity contribution is 0.720. The smallest absolute Gasteiger partial charge is 0.0809 e. The van der Waals surface area contributed by atoms with E-state index < -0.39 is 0 Å². The lowest BCUT2D eigenvalue weighted by Gasteiger charge is -2.11. The highest BCUT2D eigenvalue weighted by atomic mass is 32.1. The van der Waals surface area contributed by atoms with Gasteiger partial charge in [-0.1, -0.05) is 30.3 Å². The van der Waals surface area contributed by atoms with E-state index in [1.165, 1.54) is 10.3 Å². The van der Waals surface area contributed by atoms with Gasteiger partial charge in [-0.2, -0.15) is 0 Å². The predicted octanol–water partition coefficient (Wildman–Crippen LogP) is 3.54. The summed E-state index contributed by atoms with van der Waals surface area (Å²) in [5, 5.41) is 2.06. The molecule has 1 atom stereocenters. The van der Waals surface area contributed by atoms with Gasteiger partial charge in [0.25, 0.3) is 0 Å². The van der Waals surface area contributed by atoms with E-state index in [1.807, 2.05) is 30.5 Å². The van der Waals surface area contributed by atoms with Crippen molar-refractivity contribution in [1.82, 2.24) is 4.98 Å². The highest BCUT2D eigenvalue weighted by Gasteiger charge is 2.08. The van der Waals surface area contributed by atoms with Crippen LogP contribution in [0.25, 0.3) is 10.2 Å². The molecule has 18 heavy (non-hydrogen) atoms. The minimum Gasteiger partial charge on any atom is -0.324 e. The van der Waals surface area contributed by atoms with Crippen LogP contribution in [0.3, 0.4) is 0 Å². The fraction of sp³-hybridized carbons (Fsp3) is 0.133. The Morgan fingerprint density at radius 3 is 2.83 bits per heavy atom. The second-order valence-corrected chi connectivity index (χ2v) is 5.32. The second-order valence-electron chi connectivity index (χ2n) is 4.37. The predicted molar refractivity (Wildman–Crippen MR) is 76.7 cm³/mol. The van der Waals surface area contributed by atoms with Crippen molar-refractivity contribution in [2.75, 3.05) is 0 Å². The SMILES string of the molecule is NC(Cc1ccccc1)c1cnc2ccsc2c1. The van der Waals surface area contributed by atoms with E-state index in [0.29, 0.717) is 0 Å². The molecular formula is C15H14N2S. The molecule has 0 bridgehead atoms. The molecule has 0 saturated carbocycles. The molecule has 2 nitrogen and oxygen atoms in total. The zero-order valence-corrected chi connectivity index (χ0v) is 10.7. The molecule has 3 rings (SSSR count). The summed E-state index contributed by atoms with van der Waals surface area (Å²) in [4.78, 5) is 4.43. The first-order chi connectivity index (χ1) is 8.83. The largest absolute Gasteiger partial charge is 0.324 e. The molecule has 0 aliphatic rings. The minimum atomic E-state index is 0.00593. The molecule has 3 aromatic rings. The molecule has 3 heteroatoms. The molecule has 1 aromatic carbocycles. The van der Waals surface area contributed by atoms with Crippen molar-refractivity contribution in [3.05, 3.63) is 65.2 Å². The monoisotopic (exact) mass is 254 g/mol. The number of nitrogens with two attached hydrogens (primary N) is 1. The van der Waals surface area contributed by atoms with E-state index in [4.69, 9.17) is 5.73 Å².